The summed E-state index contributed by atoms with van der Waals surface area (Å²) in [5.41, 5.74) is 5.33. The van der Waals surface area contributed by atoms with Crippen LogP contribution in [0.2, 0.25) is 0 Å². The largest absolute Gasteiger partial charge is 0.329 e. The van der Waals surface area contributed by atoms with E-state index in [2.05, 4.69) is 4.72 Å². The van der Waals surface area contributed by atoms with E-state index in [0.717, 1.165) is 12.8 Å². The Labute approximate surface area is 79.5 Å². The molecular formula is C7H17N3O2S. The van der Waals surface area contributed by atoms with Crippen molar-refractivity contribution in [1.29, 1.82) is 0 Å². The summed E-state index contributed by atoms with van der Waals surface area (Å²) in [5, 5.41) is 0. The second-order valence-electron chi connectivity index (χ2n) is 3.37. The number of nitrogens with zero attached hydrogens (tertiary/aromatic N) is 1. The monoisotopic (exact) mass is 207 g/mol. The average Bonchev–Trinajstić information content (AvgIpc) is 2.55. The predicted molar refractivity (Wildman–Crippen MR) is 51.4 cm³/mol. The van der Waals surface area contributed by atoms with Crippen LogP contribution in [0.15, 0.2) is 0 Å². The van der Waals surface area contributed by atoms with Crippen molar-refractivity contribution in [1.82, 2.24) is 9.03 Å². The molecule has 0 spiro atoms. The topological polar surface area (TPSA) is 75.4 Å². The van der Waals surface area contributed by atoms with E-state index >= 15 is 0 Å². The Balaban J connectivity index is 2.54. The maximum Gasteiger partial charge on any atom is 0.279 e. The first-order valence-corrected chi connectivity index (χ1v) is 5.98. The van der Waals surface area contributed by atoms with E-state index in [9.17, 15) is 8.42 Å². The molecule has 3 N–H and O–H groups in total. The predicted octanol–water partition coefficient (Wildman–Crippen LogP) is -0.736. The fourth-order valence-electron chi connectivity index (χ4n) is 1.31. The van der Waals surface area contributed by atoms with Crippen molar-refractivity contribution >= 4 is 10.2 Å². The zero-order valence-electron chi connectivity index (χ0n) is 7.86. The molecule has 13 heavy (non-hydrogen) atoms. The second-order valence-corrected chi connectivity index (χ2v) is 5.07. The molecule has 1 aliphatic rings. The summed E-state index contributed by atoms with van der Waals surface area (Å²) in [6, 6.07) is -0.189. The zero-order valence-corrected chi connectivity index (χ0v) is 8.68. The van der Waals surface area contributed by atoms with Crippen molar-refractivity contribution in [2.75, 3.05) is 19.6 Å². The van der Waals surface area contributed by atoms with Crippen LogP contribution in [-0.4, -0.2) is 38.4 Å². The first-order valence-electron chi connectivity index (χ1n) is 4.54. The third-order valence-corrected chi connectivity index (χ3v) is 3.85. The van der Waals surface area contributed by atoms with Crippen LogP contribution in [0.1, 0.15) is 19.8 Å². The molecule has 6 heteroatoms. The maximum absolute atomic E-state index is 11.6. The number of rotatable bonds is 4. The summed E-state index contributed by atoms with van der Waals surface area (Å²) in [5.74, 6) is 0. The molecule has 0 aromatic rings. The molecule has 0 radical (unpaired) electrons. The molecule has 5 nitrogen and oxygen atoms in total. The minimum atomic E-state index is -3.27. The van der Waals surface area contributed by atoms with Crippen LogP contribution in [0, 0.1) is 0 Å². The fourth-order valence-corrected chi connectivity index (χ4v) is 2.80. The lowest BCUT2D eigenvalue weighted by Gasteiger charge is -2.19. The van der Waals surface area contributed by atoms with Crippen LogP contribution in [0.4, 0.5) is 0 Å². The molecule has 1 aliphatic heterocycles. The van der Waals surface area contributed by atoms with Gasteiger partial charge in [-0.15, -0.1) is 0 Å². The molecule has 1 saturated heterocycles. The van der Waals surface area contributed by atoms with Gasteiger partial charge in [-0.25, -0.2) is 0 Å². The minimum Gasteiger partial charge on any atom is -0.329 e. The van der Waals surface area contributed by atoms with Gasteiger partial charge in [0.2, 0.25) is 0 Å². The normalized spacial score (nSPS) is 22.0. The van der Waals surface area contributed by atoms with Gasteiger partial charge >= 0.3 is 0 Å². The van der Waals surface area contributed by atoms with E-state index < -0.39 is 10.2 Å². The molecule has 0 aromatic carbocycles. The lowest BCUT2D eigenvalue weighted by molar-refractivity contribution is 0.456. The molecule has 0 saturated carbocycles. The van der Waals surface area contributed by atoms with Gasteiger partial charge in [0.1, 0.15) is 0 Å². The highest BCUT2D eigenvalue weighted by Crippen LogP contribution is 2.11. The van der Waals surface area contributed by atoms with Crippen LogP contribution in [-0.2, 0) is 10.2 Å². The summed E-state index contributed by atoms with van der Waals surface area (Å²) >= 11 is 0. The first kappa shape index (κ1) is 10.9. The Morgan fingerprint density at radius 1 is 1.46 bits per heavy atom. The first-order chi connectivity index (χ1) is 6.06. The second kappa shape index (κ2) is 4.36. The summed E-state index contributed by atoms with van der Waals surface area (Å²) in [7, 11) is -3.27. The number of nitrogens with two attached hydrogens (primary N) is 1. The van der Waals surface area contributed by atoms with Gasteiger partial charge in [-0.1, -0.05) is 0 Å². The van der Waals surface area contributed by atoms with Gasteiger partial charge in [0, 0.05) is 25.7 Å². The number of nitrogens with one attached hydrogen (secondary N) is 1. The van der Waals surface area contributed by atoms with Gasteiger partial charge < -0.3 is 5.73 Å². The van der Waals surface area contributed by atoms with Gasteiger partial charge in [-0.3, -0.25) is 0 Å². The van der Waals surface area contributed by atoms with Crippen LogP contribution in [0.3, 0.4) is 0 Å². The van der Waals surface area contributed by atoms with Crippen LogP contribution in [0.5, 0.6) is 0 Å². The smallest absolute Gasteiger partial charge is 0.279 e. The summed E-state index contributed by atoms with van der Waals surface area (Å²) in [4.78, 5) is 0. The van der Waals surface area contributed by atoms with Crippen molar-refractivity contribution in [2.45, 2.75) is 25.8 Å². The van der Waals surface area contributed by atoms with E-state index in [4.69, 9.17) is 5.73 Å². The van der Waals surface area contributed by atoms with Crippen molar-refractivity contribution in [3.05, 3.63) is 0 Å². The molecular weight excluding hydrogens is 190 g/mol. The van der Waals surface area contributed by atoms with Crippen LogP contribution in [0.25, 0.3) is 0 Å². The highest BCUT2D eigenvalue weighted by atomic mass is 32.2. The minimum absolute atomic E-state index is 0.189. The van der Waals surface area contributed by atoms with E-state index in [0.29, 0.717) is 19.6 Å². The van der Waals surface area contributed by atoms with E-state index in [-0.39, 0.29) is 6.04 Å². The average molecular weight is 207 g/mol. The SMILES string of the molecule is CC(CN)NS(=O)(=O)N1CCCC1. The van der Waals surface area contributed by atoms with Gasteiger partial charge in [-0.2, -0.15) is 17.4 Å². The molecule has 1 rings (SSSR count). The molecule has 0 aliphatic carbocycles. The zero-order chi connectivity index (χ0) is 9.90. The Morgan fingerprint density at radius 2 is 2.00 bits per heavy atom. The van der Waals surface area contributed by atoms with Crippen molar-refractivity contribution in [2.24, 2.45) is 5.73 Å². The highest BCUT2D eigenvalue weighted by Gasteiger charge is 2.25. The Morgan fingerprint density at radius 3 is 2.46 bits per heavy atom. The molecule has 1 heterocycles. The molecule has 0 bridgehead atoms. The quantitative estimate of drug-likeness (QED) is 0.638. The molecule has 0 amide bonds. The van der Waals surface area contributed by atoms with Gasteiger partial charge in [0.05, 0.1) is 0 Å². The van der Waals surface area contributed by atoms with Crippen molar-refractivity contribution in [3.63, 3.8) is 0 Å². The standard InChI is InChI=1S/C7H17N3O2S/c1-7(6-8)9-13(11,12)10-4-2-3-5-10/h7,9H,2-6,8H2,1H3. The Bertz CT molecular complexity index is 246. The third kappa shape index (κ3) is 2.91. The van der Waals surface area contributed by atoms with E-state index in [1.807, 2.05) is 0 Å². The lowest BCUT2D eigenvalue weighted by Crippen LogP contribution is -2.45. The summed E-state index contributed by atoms with van der Waals surface area (Å²) in [6.45, 7) is 3.35. The number of hydrogen-bond donors (Lipinski definition) is 2. The third-order valence-electron chi connectivity index (χ3n) is 2.11. The van der Waals surface area contributed by atoms with E-state index in [1.54, 1.807) is 6.92 Å². The summed E-state index contributed by atoms with van der Waals surface area (Å²) in [6.07, 6.45) is 1.91. The summed E-state index contributed by atoms with van der Waals surface area (Å²) < 4.78 is 27.1. The van der Waals surface area contributed by atoms with Gasteiger partial charge in [0.15, 0.2) is 0 Å². The molecule has 78 valence electrons. The van der Waals surface area contributed by atoms with Crippen molar-refractivity contribution in [3.8, 4) is 0 Å². The van der Waals surface area contributed by atoms with Crippen LogP contribution < -0.4 is 10.5 Å². The molecule has 1 atom stereocenters. The van der Waals surface area contributed by atoms with Gasteiger partial charge in [-0.05, 0) is 19.8 Å². The molecule has 1 unspecified atom stereocenters. The maximum atomic E-state index is 11.6. The molecule has 0 aromatic heterocycles. The Kier molecular flexibility index (Phi) is 3.66. The lowest BCUT2D eigenvalue weighted by atomic mass is 10.4. The van der Waals surface area contributed by atoms with E-state index in [1.165, 1.54) is 4.31 Å². The number of hydrogen-bond acceptors (Lipinski definition) is 3. The van der Waals surface area contributed by atoms with Crippen molar-refractivity contribution < 1.29 is 8.42 Å². The van der Waals surface area contributed by atoms with Crippen LogP contribution >= 0.6 is 0 Å². The van der Waals surface area contributed by atoms with Gasteiger partial charge in [0.25, 0.3) is 10.2 Å². The Hall–Kier alpha value is -0.170. The highest BCUT2D eigenvalue weighted by molar-refractivity contribution is 7.87. The molecule has 1 fully saturated rings. The fraction of sp³-hybridized carbons (Fsp3) is 1.00.